The van der Waals surface area contributed by atoms with Crippen molar-refractivity contribution in [1.29, 1.82) is 0 Å². The van der Waals surface area contributed by atoms with E-state index in [1.54, 1.807) is 0 Å². The van der Waals surface area contributed by atoms with Crippen LogP contribution < -0.4 is 4.74 Å². The first kappa shape index (κ1) is 22.7. The normalized spacial score (nSPS) is 17.3. The molecule has 0 aromatic heterocycles. The quantitative estimate of drug-likeness (QED) is 0.644. The van der Waals surface area contributed by atoms with Crippen LogP contribution in [0.1, 0.15) is 0 Å². The summed E-state index contributed by atoms with van der Waals surface area (Å²) in [7, 11) is 2.09. The Labute approximate surface area is 177 Å². The standard InChI is InChI=1S/C15H20BrN3O2.C4H4O4/c1-17-6-8-18(9-7-17)15(20)19-10-14(11-19)21-13-4-2-12(16)3-5-13;5-3(6)1-2-4(7)8/h2-5,14H,6-11H2,1H3;1-2H,(H,5,6)(H,7,8)/b;2-1+. The highest BCUT2D eigenvalue weighted by Crippen LogP contribution is 2.21. The Morgan fingerprint density at radius 3 is 1.97 bits per heavy atom. The van der Waals surface area contributed by atoms with Crippen LogP contribution in [0.25, 0.3) is 0 Å². The number of carbonyl (C=O) groups is 3. The van der Waals surface area contributed by atoms with Crippen molar-refractivity contribution in [2.45, 2.75) is 6.10 Å². The van der Waals surface area contributed by atoms with E-state index in [0.717, 1.165) is 36.4 Å². The van der Waals surface area contributed by atoms with Crippen molar-refractivity contribution >= 4 is 33.9 Å². The number of benzene rings is 1. The molecule has 1 aromatic rings. The number of urea groups is 1. The summed E-state index contributed by atoms with van der Waals surface area (Å²) in [5.74, 6) is -1.66. The van der Waals surface area contributed by atoms with E-state index in [9.17, 15) is 14.4 Å². The summed E-state index contributed by atoms with van der Waals surface area (Å²) in [4.78, 5) is 37.5. The minimum Gasteiger partial charge on any atom is -0.487 e. The number of likely N-dealkylation sites (tertiary alicyclic amines) is 1. The lowest BCUT2D eigenvalue weighted by Crippen LogP contribution is -2.61. The zero-order valence-corrected chi connectivity index (χ0v) is 17.6. The summed E-state index contributed by atoms with van der Waals surface area (Å²) in [5, 5.41) is 15.6. The Morgan fingerprint density at radius 1 is 0.966 bits per heavy atom. The maximum atomic E-state index is 12.3. The van der Waals surface area contributed by atoms with Crippen molar-refractivity contribution in [2.24, 2.45) is 0 Å². The molecule has 2 amide bonds. The second kappa shape index (κ2) is 10.8. The van der Waals surface area contributed by atoms with Gasteiger partial charge in [-0.3, -0.25) is 0 Å². The van der Waals surface area contributed by atoms with Crippen molar-refractivity contribution in [3.63, 3.8) is 0 Å². The number of piperazine rings is 1. The second-order valence-corrected chi connectivity index (χ2v) is 7.60. The highest BCUT2D eigenvalue weighted by molar-refractivity contribution is 9.10. The Hall–Kier alpha value is -2.59. The maximum absolute atomic E-state index is 12.3. The smallest absolute Gasteiger partial charge is 0.328 e. The number of nitrogens with zero attached hydrogens (tertiary/aromatic N) is 3. The van der Waals surface area contributed by atoms with E-state index in [4.69, 9.17) is 14.9 Å². The fourth-order valence-corrected chi connectivity index (χ4v) is 2.98. The molecule has 0 spiro atoms. The van der Waals surface area contributed by atoms with E-state index in [2.05, 4.69) is 27.9 Å². The van der Waals surface area contributed by atoms with Gasteiger partial charge in [-0.05, 0) is 31.3 Å². The van der Waals surface area contributed by atoms with Gasteiger partial charge in [0.05, 0.1) is 13.1 Å². The van der Waals surface area contributed by atoms with Gasteiger partial charge in [-0.1, -0.05) is 15.9 Å². The number of halogens is 1. The number of likely N-dealkylation sites (N-methyl/N-ethyl adjacent to an activating group) is 1. The summed E-state index contributed by atoms with van der Waals surface area (Å²) in [6.45, 7) is 4.92. The van der Waals surface area contributed by atoms with E-state index in [-0.39, 0.29) is 12.1 Å². The molecule has 2 fully saturated rings. The zero-order valence-electron chi connectivity index (χ0n) is 16.0. The third-order valence-electron chi connectivity index (χ3n) is 4.38. The van der Waals surface area contributed by atoms with Gasteiger partial charge in [0.25, 0.3) is 0 Å². The molecule has 2 aliphatic rings. The highest BCUT2D eigenvalue weighted by atomic mass is 79.9. The van der Waals surface area contributed by atoms with Crippen LogP contribution in [-0.4, -0.2) is 95.3 Å². The first-order chi connectivity index (χ1) is 13.7. The fraction of sp³-hybridized carbons (Fsp3) is 0.421. The van der Waals surface area contributed by atoms with Gasteiger partial charge in [0.2, 0.25) is 0 Å². The van der Waals surface area contributed by atoms with Gasteiger partial charge >= 0.3 is 18.0 Å². The number of rotatable bonds is 4. The molecule has 0 radical (unpaired) electrons. The molecular weight excluding hydrogens is 446 g/mol. The van der Waals surface area contributed by atoms with Gasteiger partial charge in [0.1, 0.15) is 11.9 Å². The number of ether oxygens (including phenoxy) is 1. The molecule has 9 nitrogen and oxygen atoms in total. The van der Waals surface area contributed by atoms with Crippen molar-refractivity contribution in [3.8, 4) is 5.75 Å². The van der Waals surface area contributed by atoms with E-state index in [1.807, 2.05) is 34.1 Å². The molecule has 0 atom stereocenters. The van der Waals surface area contributed by atoms with Crippen molar-refractivity contribution in [3.05, 3.63) is 40.9 Å². The van der Waals surface area contributed by atoms with Crippen molar-refractivity contribution < 1.29 is 29.3 Å². The Morgan fingerprint density at radius 2 is 1.48 bits per heavy atom. The molecule has 158 valence electrons. The molecule has 0 bridgehead atoms. The van der Waals surface area contributed by atoms with Crippen LogP contribution in [0.2, 0.25) is 0 Å². The van der Waals surface area contributed by atoms with E-state index in [1.165, 1.54) is 0 Å². The summed E-state index contributed by atoms with van der Waals surface area (Å²) in [6, 6.07) is 7.95. The average molecular weight is 470 g/mol. The van der Waals surface area contributed by atoms with Gasteiger partial charge < -0.3 is 29.6 Å². The highest BCUT2D eigenvalue weighted by Gasteiger charge is 2.35. The van der Waals surface area contributed by atoms with Crippen LogP contribution in [0.3, 0.4) is 0 Å². The predicted octanol–water partition coefficient (Wildman–Crippen LogP) is 1.59. The lowest BCUT2D eigenvalue weighted by atomic mass is 10.1. The average Bonchev–Trinajstić information content (AvgIpc) is 2.65. The van der Waals surface area contributed by atoms with E-state index < -0.39 is 11.9 Å². The number of carboxylic acid groups (broad SMARTS) is 2. The molecule has 2 heterocycles. The third kappa shape index (κ3) is 7.74. The molecule has 2 aliphatic heterocycles. The largest absolute Gasteiger partial charge is 0.487 e. The van der Waals surface area contributed by atoms with E-state index >= 15 is 0 Å². The van der Waals surface area contributed by atoms with Crippen LogP contribution in [0.15, 0.2) is 40.9 Å². The van der Waals surface area contributed by atoms with Crippen LogP contribution in [0.4, 0.5) is 4.79 Å². The molecule has 2 saturated heterocycles. The summed E-state index contributed by atoms with van der Waals surface area (Å²) < 4.78 is 6.89. The van der Waals surface area contributed by atoms with Gasteiger partial charge in [-0.25, -0.2) is 14.4 Å². The zero-order chi connectivity index (χ0) is 21.4. The molecule has 0 unspecified atom stereocenters. The van der Waals surface area contributed by atoms with Crippen molar-refractivity contribution in [2.75, 3.05) is 46.3 Å². The van der Waals surface area contributed by atoms with Gasteiger partial charge in [-0.2, -0.15) is 0 Å². The molecule has 0 saturated carbocycles. The number of hydrogen-bond acceptors (Lipinski definition) is 5. The number of carbonyl (C=O) groups excluding carboxylic acids is 1. The molecule has 1 aromatic carbocycles. The van der Waals surface area contributed by atoms with Crippen LogP contribution in [0.5, 0.6) is 5.75 Å². The van der Waals surface area contributed by atoms with Gasteiger partial charge in [-0.15, -0.1) is 0 Å². The lowest BCUT2D eigenvalue weighted by molar-refractivity contribution is -0.134. The summed E-state index contributed by atoms with van der Waals surface area (Å²) in [6.07, 6.45) is 1.23. The number of carboxylic acids is 2. The Balaban J connectivity index is 0.000000321. The number of aliphatic carboxylic acids is 2. The Bertz CT molecular complexity index is 725. The van der Waals surface area contributed by atoms with E-state index in [0.29, 0.717) is 25.2 Å². The summed E-state index contributed by atoms with van der Waals surface area (Å²) >= 11 is 3.40. The lowest BCUT2D eigenvalue weighted by Gasteiger charge is -2.43. The topological polar surface area (TPSA) is 111 Å². The molecule has 29 heavy (non-hydrogen) atoms. The molecular formula is C19H24BrN3O6. The number of hydrogen-bond donors (Lipinski definition) is 2. The molecule has 0 aliphatic carbocycles. The van der Waals surface area contributed by atoms with Crippen LogP contribution in [-0.2, 0) is 9.59 Å². The van der Waals surface area contributed by atoms with Gasteiger partial charge in [0.15, 0.2) is 0 Å². The Kier molecular flexibility index (Phi) is 8.47. The fourth-order valence-electron chi connectivity index (χ4n) is 2.71. The minimum atomic E-state index is -1.26. The molecule has 3 rings (SSSR count). The molecule has 2 N–H and O–H groups in total. The third-order valence-corrected chi connectivity index (χ3v) is 4.91. The number of amides is 2. The molecule has 10 heteroatoms. The summed E-state index contributed by atoms with van der Waals surface area (Å²) in [5.41, 5.74) is 0. The van der Waals surface area contributed by atoms with Crippen molar-refractivity contribution in [1.82, 2.24) is 14.7 Å². The SMILES string of the molecule is CN1CCN(C(=O)N2CC(Oc3ccc(Br)cc3)C2)CC1.O=C(O)/C=C/C(=O)O. The first-order valence-electron chi connectivity index (χ1n) is 9.03. The monoisotopic (exact) mass is 469 g/mol. The maximum Gasteiger partial charge on any atom is 0.328 e. The van der Waals surface area contributed by atoms with Crippen LogP contribution in [0, 0.1) is 0 Å². The predicted molar refractivity (Wildman–Crippen MR) is 109 cm³/mol. The minimum absolute atomic E-state index is 0.114. The van der Waals surface area contributed by atoms with Gasteiger partial charge in [0, 0.05) is 42.8 Å². The first-order valence-corrected chi connectivity index (χ1v) is 9.82. The van der Waals surface area contributed by atoms with Crippen LogP contribution >= 0.6 is 15.9 Å². The second-order valence-electron chi connectivity index (χ2n) is 6.68.